The molecule has 0 atom stereocenters. The lowest BCUT2D eigenvalue weighted by atomic mass is 10.2. The standard InChI is InChI=1S/C8H6FN3O5/c9-6-3-5(1-2-7(6)12(16)17)10-8(13)4-11(14)15/h1-3H,4H2,(H,10,13). The van der Waals surface area contributed by atoms with Crippen LogP contribution in [0.1, 0.15) is 0 Å². The zero-order chi connectivity index (χ0) is 13.0. The van der Waals surface area contributed by atoms with Crippen molar-refractivity contribution in [3.63, 3.8) is 0 Å². The quantitative estimate of drug-likeness (QED) is 0.624. The number of amides is 1. The van der Waals surface area contributed by atoms with Gasteiger partial charge in [0, 0.05) is 22.7 Å². The molecule has 0 fully saturated rings. The van der Waals surface area contributed by atoms with Crippen molar-refractivity contribution in [2.45, 2.75) is 0 Å². The van der Waals surface area contributed by atoms with Gasteiger partial charge in [0.1, 0.15) is 0 Å². The molecule has 1 rings (SSSR count). The summed E-state index contributed by atoms with van der Waals surface area (Å²) in [5.41, 5.74) is -0.822. The van der Waals surface area contributed by atoms with E-state index in [0.717, 1.165) is 18.2 Å². The fourth-order valence-electron chi connectivity index (χ4n) is 1.05. The highest BCUT2D eigenvalue weighted by Gasteiger charge is 2.15. The van der Waals surface area contributed by atoms with E-state index in [-0.39, 0.29) is 5.69 Å². The molecule has 1 aromatic rings. The maximum atomic E-state index is 13.1. The lowest BCUT2D eigenvalue weighted by Gasteiger charge is -2.02. The molecule has 9 heteroatoms. The Labute approximate surface area is 93.3 Å². The van der Waals surface area contributed by atoms with Crippen LogP contribution in [0.4, 0.5) is 15.8 Å². The minimum atomic E-state index is -1.13. The number of nitro groups is 2. The molecule has 0 aliphatic rings. The molecule has 0 saturated heterocycles. The summed E-state index contributed by atoms with van der Waals surface area (Å²) in [5.74, 6) is -2.07. The van der Waals surface area contributed by atoms with Gasteiger partial charge in [-0.15, -0.1) is 0 Å². The number of hydrogen-bond acceptors (Lipinski definition) is 5. The monoisotopic (exact) mass is 243 g/mol. The van der Waals surface area contributed by atoms with E-state index in [2.05, 4.69) is 0 Å². The number of rotatable bonds is 4. The van der Waals surface area contributed by atoms with Gasteiger partial charge >= 0.3 is 5.69 Å². The molecule has 8 nitrogen and oxygen atoms in total. The average molecular weight is 243 g/mol. The zero-order valence-corrected chi connectivity index (χ0v) is 8.25. The fraction of sp³-hybridized carbons (Fsp3) is 0.125. The highest BCUT2D eigenvalue weighted by Crippen LogP contribution is 2.20. The molecule has 90 valence electrons. The van der Waals surface area contributed by atoms with Crippen molar-refractivity contribution in [3.8, 4) is 0 Å². The van der Waals surface area contributed by atoms with Crippen molar-refractivity contribution in [1.82, 2.24) is 0 Å². The molecule has 0 aliphatic heterocycles. The topological polar surface area (TPSA) is 115 Å². The smallest absolute Gasteiger partial charge is 0.304 e. The number of benzene rings is 1. The Hall–Kier alpha value is -2.58. The third kappa shape index (κ3) is 3.48. The van der Waals surface area contributed by atoms with Crippen LogP contribution in [-0.2, 0) is 4.79 Å². The number of carbonyl (C=O) groups excluding carboxylic acids is 1. The summed E-state index contributed by atoms with van der Waals surface area (Å²) in [6, 6.07) is 2.66. The average Bonchev–Trinajstić information content (AvgIpc) is 2.15. The van der Waals surface area contributed by atoms with Crippen molar-refractivity contribution in [1.29, 1.82) is 0 Å². The third-order valence-corrected chi connectivity index (χ3v) is 1.70. The van der Waals surface area contributed by atoms with Crippen LogP contribution in [0.3, 0.4) is 0 Å². The first-order chi connectivity index (χ1) is 7.90. The Morgan fingerprint density at radius 3 is 2.47 bits per heavy atom. The summed E-state index contributed by atoms with van der Waals surface area (Å²) in [4.78, 5) is 29.5. The van der Waals surface area contributed by atoms with Gasteiger partial charge in [-0.25, -0.2) is 0 Å². The van der Waals surface area contributed by atoms with E-state index >= 15 is 0 Å². The van der Waals surface area contributed by atoms with Gasteiger partial charge in [0.15, 0.2) is 0 Å². The molecule has 0 saturated carbocycles. The molecule has 1 amide bonds. The number of hydrogen-bond donors (Lipinski definition) is 1. The predicted molar refractivity (Wildman–Crippen MR) is 53.5 cm³/mol. The van der Waals surface area contributed by atoms with Crippen LogP contribution in [0.2, 0.25) is 0 Å². The van der Waals surface area contributed by atoms with Gasteiger partial charge in [-0.05, 0) is 6.07 Å². The summed E-state index contributed by atoms with van der Waals surface area (Å²) >= 11 is 0. The van der Waals surface area contributed by atoms with Crippen LogP contribution >= 0.6 is 0 Å². The second kappa shape index (κ2) is 4.96. The fourth-order valence-corrected chi connectivity index (χ4v) is 1.05. The first-order valence-corrected chi connectivity index (χ1v) is 4.25. The molecular formula is C8H6FN3O5. The molecule has 0 bridgehead atoms. The van der Waals surface area contributed by atoms with E-state index in [4.69, 9.17) is 0 Å². The molecule has 0 aliphatic carbocycles. The molecule has 1 N–H and O–H groups in total. The van der Waals surface area contributed by atoms with Crippen molar-refractivity contribution in [2.24, 2.45) is 0 Å². The number of nitro benzene ring substituents is 1. The molecular weight excluding hydrogens is 237 g/mol. The lowest BCUT2D eigenvalue weighted by Crippen LogP contribution is -2.21. The van der Waals surface area contributed by atoms with E-state index in [1.165, 1.54) is 0 Å². The Morgan fingerprint density at radius 2 is 2.00 bits per heavy atom. The Kier molecular flexibility index (Phi) is 3.65. The van der Waals surface area contributed by atoms with E-state index in [1.807, 2.05) is 5.32 Å². The summed E-state index contributed by atoms with van der Waals surface area (Å²) in [6.07, 6.45) is 0. The van der Waals surface area contributed by atoms with Gasteiger partial charge in [0.25, 0.3) is 12.5 Å². The summed E-state index contributed by atoms with van der Waals surface area (Å²) in [7, 11) is 0. The van der Waals surface area contributed by atoms with Gasteiger partial charge in [-0.1, -0.05) is 0 Å². The minimum Gasteiger partial charge on any atom is -0.320 e. The van der Waals surface area contributed by atoms with E-state index < -0.39 is 33.8 Å². The summed E-state index contributed by atoms with van der Waals surface area (Å²) in [5, 5.41) is 22.3. The molecule has 0 aromatic heterocycles. The normalized spacial score (nSPS) is 9.71. The number of halogens is 1. The van der Waals surface area contributed by atoms with Gasteiger partial charge in [-0.2, -0.15) is 4.39 Å². The van der Waals surface area contributed by atoms with Crippen molar-refractivity contribution in [2.75, 3.05) is 11.9 Å². The molecule has 17 heavy (non-hydrogen) atoms. The highest BCUT2D eigenvalue weighted by molar-refractivity contribution is 5.91. The number of nitrogens with zero attached hydrogens (tertiary/aromatic N) is 2. The van der Waals surface area contributed by atoms with Crippen molar-refractivity contribution in [3.05, 3.63) is 44.2 Å². The van der Waals surface area contributed by atoms with Gasteiger partial charge in [-0.3, -0.25) is 25.0 Å². The van der Waals surface area contributed by atoms with Crippen LogP contribution in [-0.4, -0.2) is 22.3 Å². The molecule has 0 radical (unpaired) electrons. The first kappa shape index (κ1) is 12.5. The molecule has 0 spiro atoms. The summed E-state index contributed by atoms with van der Waals surface area (Å²) in [6.45, 7) is -0.960. The largest absolute Gasteiger partial charge is 0.320 e. The van der Waals surface area contributed by atoms with Crippen LogP contribution in [0.5, 0.6) is 0 Å². The Balaban J connectivity index is 2.81. The first-order valence-electron chi connectivity index (χ1n) is 4.25. The van der Waals surface area contributed by atoms with Gasteiger partial charge < -0.3 is 5.32 Å². The zero-order valence-electron chi connectivity index (χ0n) is 8.25. The lowest BCUT2D eigenvalue weighted by molar-refractivity contribution is -0.467. The summed E-state index contributed by atoms with van der Waals surface area (Å²) < 4.78 is 13.1. The van der Waals surface area contributed by atoms with Gasteiger partial charge in [0.05, 0.1) is 4.92 Å². The van der Waals surface area contributed by atoms with E-state index in [0.29, 0.717) is 0 Å². The SMILES string of the molecule is O=C(C[N+](=O)[O-])Nc1ccc([N+](=O)[O-])c(F)c1. The van der Waals surface area contributed by atoms with Crippen LogP contribution in [0.15, 0.2) is 18.2 Å². The minimum absolute atomic E-state index is 0.0834. The molecule has 1 aromatic carbocycles. The van der Waals surface area contributed by atoms with E-state index in [9.17, 15) is 29.4 Å². The molecule has 0 unspecified atom stereocenters. The third-order valence-electron chi connectivity index (χ3n) is 1.70. The van der Waals surface area contributed by atoms with Crippen LogP contribution in [0.25, 0.3) is 0 Å². The highest BCUT2D eigenvalue weighted by atomic mass is 19.1. The van der Waals surface area contributed by atoms with E-state index in [1.54, 1.807) is 0 Å². The second-order valence-electron chi connectivity index (χ2n) is 2.96. The van der Waals surface area contributed by atoms with Crippen molar-refractivity contribution < 1.29 is 19.0 Å². The van der Waals surface area contributed by atoms with Crippen LogP contribution < -0.4 is 5.32 Å². The Bertz CT molecular complexity index is 490. The number of anilines is 1. The Morgan fingerprint density at radius 1 is 1.35 bits per heavy atom. The maximum Gasteiger partial charge on any atom is 0.304 e. The number of nitrogens with one attached hydrogen (secondary N) is 1. The van der Waals surface area contributed by atoms with Crippen molar-refractivity contribution >= 4 is 17.3 Å². The van der Waals surface area contributed by atoms with Crippen LogP contribution in [0, 0.1) is 26.0 Å². The second-order valence-corrected chi connectivity index (χ2v) is 2.96. The number of carbonyl (C=O) groups is 1. The maximum absolute atomic E-state index is 13.1. The molecule has 0 heterocycles. The van der Waals surface area contributed by atoms with Gasteiger partial charge in [0.2, 0.25) is 5.82 Å². The predicted octanol–water partition coefficient (Wildman–Crippen LogP) is 0.949.